The summed E-state index contributed by atoms with van der Waals surface area (Å²) < 4.78 is 5.23. The van der Waals surface area contributed by atoms with Crippen LogP contribution in [-0.4, -0.2) is 28.4 Å². The zero-order valence-electron chi connectivity index (χ0n) is 11.9. The number of benzene rings is 1. The van der Waals surface area contributed by atoms with E-state index in [-0.39, 0.29) is 29.9 Å². The Labute approximate surface area is 127 Å². The maximum Gasteiger partial charge on any atom is 0.229 e. The summed E-state index contributed by atoms with van der Waals surface area (Å²) in [5.74, 6) is 0.214. The molecule has 1 atom stereocenters. The molecular formula is C16H16N2O4. The highest BCUT2D eigenvalue weighted by Gasteiger charge is 2.34. The number of likely N-dealkylation sites (tertiary alicyclic amines) is 1. The van der Waals surface area contributed by atoms with Gasteiger partial charge >= 0.3 is 0 Å². The van der Waals surface area contributed by atoms with E-state index in [2.05, 4.69) is 5.32 Å². The van der Waals surface area contributed by atoms with E-state index >= 15 is 0 Å². The zero-order valence-corrected chi connectivity index (χ0v) is 11.9. The molecule has 0 radical (unpaired) electrons. The lowest BCUT2D eigenvalue weighted by atomic mass is 10.1. The Morgan fingerprint density at radius 3 is 2.77 bits per heavy atom. The Balaban J connectivity index is 1.60. The van der Waals surface area contributed by atoms with Gasteiger partial charge < -0.3 is 19.7 Å². The van der Waals surface area contributed by atoms with Crippen LogP contribution < -0.4 is 5.32 Å². The number of hydrogen-bond donors (Lipinski definition) is 2. The van der Waals surface area contributed by atoms with Gasteiger partial charge in [-0.05, 0) is 36.4 Å². The summed E-state index contributed by atoms with van der Waals surface area (Å²) >= 11 is 0. The first kappa shape index (κ1) is 14.2. The van der Waals surface area contributed by atoms with Crippen LogP contribution in [0.1, 0.15) is 12.2 Å². The SMILES string of the molecule is O=C(Nc1ccc(O)cc1)[C@H]1CC(=O)N(Cc2ccco2)C1. The highest BCUT2D eigenvalue weighted by molar-refractivity contribution is 5.97. The quantitative estimate of drug-likeness (QED) is 0.846. The molecule has 1 fully saturated rings. The van der Waals surface area contributed by atoms with E-state index in [4.69, 9.17) is 4.42 Å². The third-order valence-corrected chi connectivity index (χ3v) is 3.65. The van der Waals surface area contributed by atoms with Gasteiger partial charge in [0.15, 0.2) is 0 Å². The van der Waals surface area contributed by atoms with E-state index in [0.29, 0.717) is 24.5 Å². The number of nitrogens with one attached hydrogen (secondary N) is 1. The number of furan rings is 1. The number of aromatic hydroxyl groups is 1. The summed E-state index contributed by atoms with van der Waals surface area (Å²) in [5.41, 5.74) is 0.597. The first-order valence-corrected chi connectivity index (χ1v) is 7.02. The number of hydrogen-bond acceptors (Lipinski definition) is 4. The lowest BCUT2D eigenvalue weighted by molar-refractivity contribution is -0.128. The summed E-state index contributed by atoms with van der Waals surface area (Å²) in [6.07, 6.45) is 1.76. The molecule has 6 heteroatoms. The summed E-state index contributed by atoms with van der Waals surface area (Å²) in [6.45, 7) is 0.762. The van der Waals surface area contributed by atoms with Gasteiger partial charge in [-0.1, -0.05) is 0 Å². The number of anilines is 1. The maximum absolute atomic E-state index is 12.2. The molecule has 2 amide bonds. The highest BCUT2D eigenvalue weighted by Crippen LogP contribution is 2.22. The fourth-order valence-corrected chi connectivity index (χ4v) is 2.48. The normalized spacial score (nSPS) is 17.7. The standard InChI is InChI=1S/C16H16N2O4/c19-13-5-3-12(4-6-13)17-16(21)11-8-15(20)18(9-11)10-14-2-1-7-22-14/h1-7,11,19H,8-10H2,(H,17,21)/t11-/m0/s1. The molecule has 0 saturated carbocycles. The lowest BCUT2D eigenvalue weighted by Crippen LogP contribution is -2.27. The van der Waals surface area contributed by atoms with Gasteiger partial charge in [-0.15, -0.1) is 0 Å². The molecule has 3 rings (SSSR count). The van der Waals surface area contributed by atoms with Crippen LogP contribution in [0.3, 0.4) is 0 Å². The molecular weight excluding hydrogens is 284 g/mol. The third kappa shape index (κ3) is 3.11. The van der Waals surface area contributed by atoms with E-state index in [9.17, 15) is 14.7 Å². The molecule has 0 bridgehead atoms. The fraction of sp³-hybridized carbons (Fsp3) is 0.250. The van der Waals surface area contributed by atoms with Crippen LogP contribution in [0.15, 0.2) is 47.1 Å². The van der Waals surface area contributed by atoms with Crippen LogP contribution in [0.25, 0.3) is 0 Å². The largest absolute Gasteiger partial charge is 0.508 e. The second kappa shape index (κ2) is 5.93. The van der Waals surface area contributed by atoms with Crippen molar-refractivity contribution in [2.24, 2.45) is 5.92 Å². The Bertz CT molecular complexity index is 664. The molecule has 1 aromatic carbocycles. The van der Waals surface area contributed by atoms with Gasteiger partial charge in [0.2, 0.25) is 11.8 Å². The Morgan fingerprint density at radius 1 is 1.32 bits per heavy atom. The molecule has 2 aromatic rings. The zero-order chi connectivity index (χ0) is 15.5. The second-order valence-electron chi connectivity index (χ2n) is 5.29. The van der Waals surface area contributed by atoms with Crippen molar-refractivity contribution in [1.29, 1.82) is 0 Å². The smallest absolute Gasteiger partial charge is 0.229 e. The molecule has 0 spiro atoms. The van der Waals surface area contributed by atoms with Crippen LogP contribution in [0.4, 0.5) is 5.69 Å². The number of carbonyl (C=O) groups excluding carboxylic acids is 2. The lowest BCUT2D eigenvalue weighted by Gasteiger charge is -2.15. The molecule has 6 nitrogen and oxygen atoms in total. The van der Waals surface area contributed by atoms with E-state index < -0.39 is 0 Å². The minimum Gasteiger partial charge on any atom is -0.508 e. The molecule has 2 heterocycles. The van der Waals surface area contributed by atoms with Gasteiger partial charge in [0.25, 0.3) is 0 Å². The average molecular weight is 300 g/mol. The van der Waals surface area contributed by atoms with Crippen LogP contribution in [0.5, 0.6) is 5.75 Å². The van der Waals surface area contributed by atoms with Gasteiger partial charge in [0.1, 0.15) is 11.5 Å². The summed E-state index contributed by atoms with van der Waals surface area (Å²) in [5, 5.41) is 12.0. The number of nitrogens with zero attached hydrogens (tertiary/aromatic N) is 1. The summed E-state index contributed by atoms with van der Waals surface area (Å²) in [7, 11) is 0. The first-order valence-electron chi connectivity index (χ1n) is 7.02. The molecule has 1 aliphatic heterocycles. The second-order valence-corrected chi connectivity index (χ2v) is 5.29. The van der Waals surface area contributed by atoms with Gasteiger partial charge in [0, 0.05) is 18.7 Å². The molecule has 2 N–H and O–H groups in total. The van der Waals surface area contributed by atoms with Crippen LogP contribution in [0, 0.1) is 5.92 Å². The molecule has 1 aromatic heterocycles. The number of rotatable bonds is 4. The van der Waals surface area contributed by atoms with Gasteiger partial charge in [0.05, 0.1) is 18.7 Å². The van der Waals surface area contributed by atoms with E-state index in [1.807, 2.05) is 0 Å². The van der Waals surface area contributed by atoms with Crippen molar-refractivity contribution in [1.82, 2.24) is 4.90 Å². The Hall–Kier alpha value is -2.76. The molecule has 0 unspecified atom stereocenters. The summed E-state index contributed by atoms with van der Waals surface area (Å²) in [4.78, 5) is 25.8. The number of amides is 2. The third-order valence-electron chi connectivity index (χ3n) is 3.65. The van der Waals surface area contributed by atoms with Crippen molar-refractivity contribution in [3.63, 3.8) is 0 Å². The topological polar surface area (TPSA) is 82.8 Å². The fourth-order valence-electron chi connectivity index (χ4n) is 2.48. The van der Waals surface area contributed by atoms with Gasteiger partial charge in [-0.2, -0.15) is 0 Å². The number of phenols is 1. The van der Waals surface area contributed by atoms with Crippen molar-refractivity contribution in [3.05, 3.63) is 48.4 Å². The molecule has 22 heavy (non-hydrogen) atoms. The summed E-state index contributed by atoms with van der Waals surface area (Å²) in [6, 6.07) is 9.80. The highest BCUT2D eigenvalue weighted by atomic mass is 16.3. The van der Waals surface area contributed by atoms with Crippen LogP contribution in [0.2, 0.25) is 0 Å². The monoisotopic (exact) mass is 300 g/mol. The predicted molar refractivity (Wildman–Crippen MR) is 79.0 cm³/mol. The van der Waals surface area contributed by atoms with Gasteiger partial charge in [-0.25, -0.2) is 0 Å². The van der Waals surface area contributed by atoms with Crippen molar-refractivity contribution >= 4 is 17.5 Å². The Morgan fingerprint density at radius 2 is 2.09 bits per heavy atom. The van der Waals surface area contributed by atoms with Crippen molar-refractivity contribution in [2.45, 2.75) is 13.0 Å². The maximum atomic E-state index is 12.2. The van der Waals surface area contributed by atoms with E-state index in [1.165, 1.54) is 12.1 Å². The number of phenolic OH excluding ortho intramolecular Hbond substituents is 1. The van der Waals surface area contributed by atoms with Crippen LogP contribution in [-0.2, 0) is 16.1 Å². The van der Waals surface area contributed by atoms with Crippen molar-refractivity contribution < 1.29 is 19.1 Å². The molecule has 114 valence electrons. The minimum absolute atomic E-state index is 0.0535. The average Bonchev–Trinajstić information content (AvgIpc) is 3.13. The predicted octanol–water partition coefficient (Wildman–Crippen LogP) is 1.97. The molecule has 0 aliphatic carbocycles. The van der Waals surface area contributed by atoms with E-state index in [1.54, 1.807) is 35.4 Å². The molecule has 1 aliphatic rings. The van der Waals surface area contributed by atoms with Crippen LogP contribution >= 0.6 is 0 Å². The minimum atomic E-state index is -0.378. The number of carbonyl (C=O) groups is 2. The Kier molecular flexibility index (Phi) is 3.82. The first-order chi connectivity index (χ1) is 10.6. The molecule has 1 saturated heterocycles. The van der Waals surface area contributed by atoms with E-state index in [0.717, 1.165) is 0 Å². The van der Waals surface area contributed by atoms with Gasteiger partial charge in [-0.3, -0.25) is 9.59 Å². The van der Waals surface area contributed by atoms with Crippen molar-refractivity contribution in [3.8, 4) is 5.75 Å². The van der Waals surface area contributed by atoms with Crippen molar-refractivity contribution in [2.75, 3.05) is 11.9 Å².